The van der Waals surface area contributed by atoms with Gasteiger partial charge in [0, 0.05) is 22.3 Å². The van der Waals surface area contributed by atoms with E-state index in [1.165, 1.54) is 35.2 Å². The summed E-state index contributed by atoms with van der Waals surface area (Å²) >= 11 is 2.98. The van der Waals surface area contributed by atoms with Crippen molar-refractivity contribution in [2.45, 2.75) is 17.9 Å². The predicted molar refractivity (Wildman–Crippen MR) is 102 cm³/mol. The van der Waals surface area contributed by atoms with Crippen LogP contribution in [0.3, 0.4) is 0 Å². The molecule has 0 aliphatic rings. The number of aryl methyl sites for hydroxylation is 1. The number of aromatic nitrogens is 3. The first kappa shape index (κ1) is 16.9. The summed E-state index contributed by atoms with van der Waals surface area (Å²) in [7, 11) is 0. The van der Waals surface area contributed by atoms with Crippen molar-refractivity contribution in [3.8, 4) is 22.0 Å². The molecule has 0 unspecified atom stereocenters. The molecule has 7 heteroatoms. The van der Waals surface area contributed by atoms with Crippen LogP contribution in [0.5, 0.6) is 0 Å². The summed E-state index contributed by atoms with van der Waals surface area (Å²) in [4.78, 5) is 4.59. The van der Waals surface area contributed by atoms with Crippen LogP contribution in [0.4, 0.5) is 4.39 Å². The zero-order valence-electron chi connectivity index (χ0n) is 13.8. The van der Waals surface area contributed by atoms with Gasteiger partial charge in [0.2, 0.25) is 5.89 Å². The van der Waals surface area contributed by atoms with Gasteiger partial charge in [-0.15, -0.1) is 21.5 Å². The molecule has 4 aromatic rings. The normalized spacial score (nSPS) is 11.0. The highest BCUT2D eigenvalue weighted by atomic mass is 32.2. The topological polar surface area (TPSA) is 51.8 Å². The molecule has 0 spiro atoms. The molecule has 0 saturated heterocycles. The lowest BCUT2D eigenvalue weighted by molar-refractivity contribution is 0.465. The van der Waals surface area contributed by atoms with Gasteiger partial charge >= 0.3 is 0 Å². The molecule has 0 radical (unpaired) electrons. The fraction of sp³-hybridized carbons (Fsp3) is 0.105. The number of thiazole rings is 1. The highest BCUT2D eigenvalue weighted by Gasteiger charge is 2.12. The standard InChI is InChI=1S/C19H14FN3OS2/c1-12-4-2-3-5-16(12)17-22-23-19(24-17)26-11-15-10-25-18(21-15)13-6-8-14(20)9-7-13/h2-10H,11H2,1H3. The molecular weight excluding hydrogens is 369 g/mol. The van der Waals surface area contributed by atoms with Crippen LogP contribution in [0.15, 0.2) is 63.6 Å². The summed E-state index contributed by atoms with van der Waals surface area (Å²) in [6.45, 7) is 2.01. The van der Waals surface area contributed by atoms with Gasteiger partial charge in [0.05, 0.1) is 5.69 Å². The molecule has 2 aromatic carbocycles. The number of thioether (sulfide) groups is 1. The number of halogens is 1. The summed E-state index contributed by atoms with van der Waals surface area (Å²) in [6.07, 6.45) is 0. The Bertz CT molecular complexity index is 1030. The van der Waals surface area contributed by atoms with Crippen molar-refractivity contribution in [1.29, 1.82) is 0 Å². The maximum absolute atomic E-state index is 13.0. The molecule has 0 amide bonds. The lowest BCUT2D eigenvalue weighted by Crippen LogP contribution is -1.82. The highest BCUT2D eigenvalue weighted by molar-refractivity contribution is 7.98. The van der Waals surface area contributed by atoms with Crippen LogP contribution in [0.1, 0.15) is 11.3 Å². The van der Waals surface area contributed by atoms with Crippen LogP contribution in [0.25, 0.3) is 22.0 Å². The summed E-state index contributed by atoms with van der Waals surface area (Å²) in [5.41, 5.74) is 3.87. The van der Waals surface area contributed by atoms with Gasteiger partial charge in [0.15, 0.2) is 0 Å². The SMILES string of the molecule is Cc1ccccc1-c1nnc(SCc2csc(-c3ccc(F)cc3)n2)o1. The second-order valence-electron chi connectivity index (χ2n) is 5.63. The Kier molecular flexibility index (Phi) is 4.81. The van der Waals surface area contributed by atoms with Crippen molar-refractivity contribution in [1.82, 2.24) is 15.2 Å². The Morgan fingerprint density at radius 3 is 2.69 bits per heavy atom. The van der Waals surface area contributed by atoms with Gasteiger partial charge in [-0.1, -0.05) is 30.0 Å². The van der Waals surface area contributed by atoms with Gasteiger partial charge in [-0.05, 0) is 42.8 Å². The predicted octanol–water partition coefficient (Wildman–Crippen LogP) is 5.60. The van der Waals surface area contributed by atoms with E-state index in [4.69, 9.17) is 4.42 Å². The zero-order chi connectivity index (χ0) is 17.9. The molecule has 0 aliphatic carbocycles. The number of benzene rings is 2. The molecule has 0 bridgehead atoms. The summed E-state index contributed by atoms with van der Waals surface area (Å²) in [5.74, 6) is 0.908. The minimum absolute atomic E-state index is 0.248. The van der Waals surface area contributed by atoms with Crippen LogP contribution < -0.4 is 0 Å². The Hall–Kier alpha value is -2.51. The fourth-order valence-corrected chi connectivity index (χ4v) is 4.01. The first-order valence-electron chi connectivity index (χ1n) is 7.92. The fourth-order valence-electron chi connectivity index (χ4n) is 2.42. The Balaban J connectivity index is 1.44. The van der Waals surface area contributed by atoms with Gasteiger partial charge in [0.1, 0.15) is 10.8 Å². The van der Waals surface area contributed by atoms with Gasteiger partial charge in [0.25, 0.3) is 5.22 Å². The Morgan fingerprint density at radius 2 is 1.88 bits per heavy atom. The maximum Gasteiger partial charge on any atom is 0.277 e. The third-order valence-electron chi connectivity index (χ3n) is 3.77. The molecule has 0 fully saturated rings. The van der Waals surface area contributed by atoms with Gasteiger partial charge in [-0.3, -0.25) is 0 Å². The molecule has 0 atom stereocenters. The van der Waals surface area contributed by atoms with Crippen molar-refractivity contribution in [3.05, 3.63) is 71.0 Å². The van der Waals surface area contributed by atoms with Crippen LogP contribution in [0, 0.1) is 12.7 Å². The summed E-state index contributed by atoms with van der Waals surface area (Å²) in [6, 6.07) is 14.3. The molecule has 2 aromatic heterocycles. The zero-order valence-corrected chi connectivity index (χ0v) is 15.5. The van der Waals surface area contributed by atoms with E-state index in [2.05, 4.69) is 15.2 Å². The van der Waals surface area contributed by atoms with Crippen molar-refractivity contribution in [3.63, 3.8) is 0 Å². The van der Waals surface area contributed by atoms with Crippen LogP contribution >= 0.6 is 23.1 Å². The van der Waals surface area contributed by atoms with Crippen LogP contribution in [-0.2, 0) is 5.75 Å². The largest absolute Gasteiger partial charge is 0.411 e. The molecule has 0 saturated carbocycles. The van der Waals surface area contributed by atoms with E-state index in [1.807, 2.05) is 36.6 Å². The minimum atomic E-state index is -0.248. The smallest absolute Gasteiger partial charge is 0.277 e. The van der Waals surface area contributed by atoms with Crippen molar-refractivity contribution >= 4 is 23.1 Å². The van der Waals surface area contributed by atoms with E-state index >= 15 is 0 Å². The first-order valence-corrected chi connectivity index (χ1v) is 9.78. The second kappa shape index (κ2) is 7.39. The van der Waals surface area contributed by atoms with Crippen molar-refractivity contribution in [2.75, 3.05) is 0 Å². The second-order valence-corrected chi connectivity index (χ2v) is 7.41. The monoisotopic (exact) mass is 383 g/mol. The van der Waals surface area contributed by atoms with E-state index in [-0.39, 0.29) is 5.82 Å². The maximum atomic E-state index is 13.0. The lowest BCUT2D eigenvalue weighted by atomic mass is 10.1. The van der Waals surface area contributed by atoms with E-state index < -0.39 is 0 Å². The third kappa shape index (κ3) is 3.68. The number of nitrogens with zero attached hydrogens (tertiary/aromatic N) is 3. The van der Waals surface area contributed by atoms with Crippen LogP contribution in [-0.4, -0.2) is 15.2 Å². The van der Waals surface area contributed by atoms with E-state index in [9.17, 15) is 4.39 Å². The number of rotatable bonds is 5. The van der Waals surface area contributed by atoms with Crippen LogP contribution in [0.2, 0.25) is 0 Å². The molecule has 4 nitrogen and oxygen atoms in total. The summed E-state index contributed by atoms with van der Waals surface area (Å²) in [5, 5.41) is 11.6. The average Bonchev–Trinajstić information content (AvgIpc) is 3.30. The molecule has 0 aliphatic heterocycles. The number of hydrogen-bond acceptors (Lipinski definition) is 6. The van der Waals surface area contributed by atoms with E-state index in [0.29, 0.717) is 16.9 Å². The van der Waals surface area contributed by atoms with E-state index in [1.54, 1.807) is 12.1 Å². The molecular formula is C19H14FN3OS2. The van der Waals surface area contributed by atoms with Gasteiger partial charge in [-0.2, -0.15) is 0 Å². The Labute approximate surface area is 158 Å². The van der Waals surface area contributed by atoms with Crippen molar-refractivity contribution < 1.29 is 8.81 Å². The minimum Gasteiger partial charge on any atom is -0.411 e. The lowest BCUT2D eigenvalue weighted by Gasteiger charge is -1.98. The molecule has 4 rings (SSSR count). The van der Waals surface area contributed by atoms with Gasteiger partial charge in [-0.25, -0.2) is 9.37 Å². The quantitative estimate of drug-likeness (QED) is 0.420. The van der Waals surface area contributed by atoms with Crippen molar-refractivity contribution in [2.24, 2.45) is 0 Å². The highest BCUT2D eigenvalue weighted by Crippen LogP contribution is 2.29. The van der Waals surface area contributed by atoms with Gasteiger partial charge < -0.3 is 4.42 Å². The average molecular weight is 383 g/mol. The molecule has 130 valence electrons. The summed E-state index contributed by atoms with van der Waals surface area (Å²) < 4.78 is 18.8. The number of hydrogen-bond donors (Lipinski definition) is 0. The third-order valence-corrected chi connectivity index (χ3v) is 5.56. The molecule has 26 heavy (non-hydrogen) atoms. The molecule has 2 heterocycles. The molecule has 0 N–H and O–H groups in total. The first-order chi connectivity index (χ1) is 12.7. The Morgan fingerprint density at radius 1 is 1.08 bits per heavy atom. The van der Waals surface area contributed by atoms with E-state index in [0.717, 1.165) is 27.4 Å².